The number of hydrogen-bond donors (Lipinski definition) is 1. The van der Waals surface area contributed by atoms with Gasteiger partial charge in [-0.2, -0.15) is 0 Å². The van der Waals surface area contributed by atoms with Crippen LogP contribution in [-0.2, 0) is 17.8 Å². The SMILES string of the molecule is COc1ccc(CCC(=O)NCc2cc(OC)c(OC)cc2OC)cc1. The maximum atomic E-state index is 12.2. The van der Waals surface area contributed by atoms with Crippen LogP contribution in [0.4, 0.5) is 0 Å². The molecule has 1 amide bonds. The van der Waals surface area contributed by atoms with Crippen molar-refractivity contribution in [2.75, 3.05) is 28.4 Å². The lowest BCUT2D eigenvalue weighted by Gasteiger charge is -2.14. The molecule has 0 spiro atoms. The molecule has 0 saturated heterocycles. The minimum atomic E-state index is -0.0299. The van der Waals surface area contributed by atoms with Crippen molar-refractivity contribution < 1.29 is 23.7 Å². The smallest absolute Gasteiger partial charge is 0.220 e. The number of rotatable bonds is 9. The normalized spacial score (nSPS) is 10.2. The number of amides is 1. The third-order valence-corrected chi connectivity index (χ3v) is 4.06. The number of carbonyl (C=O) groups is 1. The van der Waals surface area contributed by atoms with Gasteiger partial charge in [0, 0.05) is 24.6 Å². The highest BCUT2D eigenvalue weighted by molar-refractivity contribution is 5.76. The van der Waals surface area contributed by atoms with Gasteiger partial charge in [0.05, 0.1) is 28.4 Å². The lowest BCUT2D eigenvalue weighted by molar-refractivity contribution is -0.121. The number of carbonyl (C=O) groups excluding carboxylic acids is 1. The highest BCUT2D eigenvalue weighted by Gasteiger charge is 2.12. The molecule has 0 heterocycles. The molecule has 2 aromatic rings. The van der Waals surface area contributed by atoms with Crippen molar-refractivity contribution in [1.29, 1.82) is 0 Å². The van der Waals surface area contributed by atoms with Gasteiger partial charge in [0.1, 0.15) is 11.5 Å². The van der Waals surface area contributed by atoms with Gasteiger partial charge in [0.25, 0.3) is 0 Å². The molecule has 0 atom stereocenters. The van der Waals surface area contributed by atoms with Crippen molar-refractivity contribution in [3.05, 3.63) is 47.5 Å². The van der Waals surface area contributed by atoms with E-state index in [9.17, 15) is 4.79 Å². The van der Waals surface area contributed by atoms with Gasteiger partial charge < -0.3 is 24.3 Å². The fourth-order valence-corrected chi connectivity index (χ4v) is 2.56. The highest BCUT2D eigenvalue weighted by atomic mass is 16.5. The van der Waals surface area contributed by atoms with Gasteiger partial charge in [-0.1, -0.05) is 12.1 Å². The number of nitrogens with one attached hydrogen (secondary N) is 1. The zero-order chi connectivity index (χ0) is 18.9. The molecule has 0 saturated carbocycles. The first-order chi connectivity index (χ1) is 12.6. The van der Waals surface area contributed by atoms with E-state index in [1.807, 2.05) is 24.3 Å². The summed E-state index contributed by atoms with van der Waals surface area (Å²) in [6.07, 6.45) is 1.07. The van der Waals surface area contributed by atoms with E-state index in [4.69, 9.17) is 18.9 Å². The zero-order valence-corrected chi connectivity index (χ0v) is 15.6. The largest absolute Gasteiger partial charge is 0.497 e. The molecule has 2 aromatic carbocycles. The summed E-state index contributed by atoms with van der Waals surface area (Å²) < 4.78 is 21.1. The molecule has 0 fully saturated rings. The van der Waals surface area contributed by atoms with E-state index < -0.39 is 0 Å². The van der Waals surface area contributed by atoms with Gasteiger partial charge in [-0.25, -0.2) is 0 Å². The van der Waals surface area contributed by atoms with Gasteiger partial charge >= 0.3 is 0 Å². The maximum absolute atomic E-state index is 12.2. The summed E-state index contributed by atoms with van der Waals surface area (Å²) in [5.74, 6) is 2.59. The Balaban J connectivity index is 1.93. The molecular weight excluding hydrogens is 334 g/mol. The highest BCUT2D eigenvalue weighted by Crippen LogP contribution is 2.34. The summed E-state index contributed by atoms with van der Waals surface area (Å²) in [5, 5.41) is 2.92. The van der Waals surface area contributed by atoms with Crippen molar-refractivity contribution in [2.24, 2.45) is 0 Å². The molecule has 2 rings (SSSR count). The maximum Gasteiger partial charge on any atom is 0.220 e. The summed E-state index contributed by atoms with van der Waals surface area (Å²) in [6, 6.07) is 11.3. The monoisotopic (exact) mass is 359 g/mol. The summed E-state index contributed by atoms with van der Waals surface area (Å²) in [5.41, 5.74) is 1.91. The Hall–Kier alpha value is -2.89. The van der Waals surface area contributed by atoms with Gasteiger partial charge in [-0.15, -0.1) is 0 Å². The van der Waals surface area contributed by atoms with E-state index in [1.165, 1.54) is 0 Å². The molecule has 0 radical (unpaired) electrons. The minimum absolute atomic E-state index is 0.0299. The number of benzene rings is 2. The average Bonchev–Trinajstić information content (AvgIpc) is 2.70. The molecule has 0 aliphatic rings. The summed E-state index contributed by atoms with van der Waals surface area (Å²) in [7, 11) is 6.35. The molecule has 0 unspecified atom stereocenters. The molecule has 0 bridgehead atoms. The Kier molecular flexibility index (Phi) is 7.14. The minimum Gasteiger partial charge on any atom is -0.497 e. The third-order valence-electron chi connectivity index (χ3n) is 4.06. The second-order valence-electron chi connectivity index (χ2n) is 5.64. The Bertz CT molecular complexity index is 728. The molecule has 140 valence electrons. The van der Waals surface area contributed by atoms with Gasteiger partial charge in [-0.3, -0.25) is 4.79 Å². The van der Waals surface area contributed by atoms with E-state index in [1.54, 1.807) is 40.6 Å². The molecule has 1 N–H and O–H groups in total. The molecular formula is C20H25NO5. The van der Waals surface area contributed by atoms with E-state index in [0.29, 0.717) is 36.6 Å². The van der Waals surface area contributed by atoms with Gasteiger partial charge in [0.15, 0.2) is 11.5 Å². The second kappa shape index (κ2) is 9.56. The van der Waals surface area contributed by atoms with E-state index in [0.717, 1.165) is 16.9 Å². The van der Waals surface area contributed by atoms with Gasteiger partial charge in [-0.05, 0) is 30.2 Å². The standard InChI is InChI=1S/C20H25NO5/c1-23-16-8-5-14(6-9-16)7-10-20(22)21-13-15-11-18(25-3)19(26-4)12-17(15)24-2/h5-6,8-9,11-12H,7,10,13H2,1-4H3,(H,21,22). The molecule has 6 nitrogen and oxygen atoms in total. The second-order valence-corrected chi connectivity index (χ2v) is 5.64. The van der Waals surface area contributed by atoms with Crippen LogP contribution in [0.1, 0.15) is 17.5 Å². The molecule has 26 heavy (non-hydrogen) atoms. The third kappa shape index (κ3) is 5.05. The Morgan fingerprint density at radius 3 is 2.04 bits per heavy atom. The lowest BCUT2D eigenvalue weighted by atomic mass is 10.1. The summed E-state index contributed by atoms with van der Waals surface area (Å²) in [4.78, 5) is 12.2. The van der Waals surface area contributed by atoms with Crippen molar-refractivity contribution in [1.82, 2.24) is 5.32 Å². The molecule has 0 aliphatic heterocycles. The average molecular weight is 359 g/mol. The predicted molar refractivity (Wildman–Crippen MR) is 99.3 cm³/mol. The summed E-state index contributed by atoms with van der Waals surface area (Å²) in [6.45, 7) is 0.352. The van der Waals surface area contributed by atoms with Crippen LogP contribution in [0.2, 0.25) is 0 Å². The fraction of sp³-hybridized carbons (Fsp3) is 0.350. The number of ether oxygens (including phenoxy) is 4. The van der Waals surface area contributed by atoms with Crippen molar-refractivity contribution in [2.45, 2.75) is 19.4 Å². The first-order valence-electron chi connectivity index (χ1n) is 8.29. The zero-order valence-electron chi connectivity index (χ0n) is 15.6. The molecule has 6 heteroatoms. The van der Waals surface area contributed by atoms with Crippen LogP contribution in [0.25, 0.3) is 0 Å². The Morgan fingerprint density at radius 1 is 0.846 bits per heavy atom. The quantitative estimate of drug-likeness (QED) is 0.746. The van der Waals surface area contributed by atoms with Crippen LogP contribution in [0.15, 0.2) is 36.4 Å². The Morgan fingerprint density at radius 2 is 1.46 bits per heavy atom. The van der Waals surface area contributed by atoms with Crippen LogP contribution in [0.5, 0.6) is 23.0 Å². The van der Waals surface area contributed by atoms with Crippen molar-refractivity contribution >= 4 is 5.91 Å². The van der Waals surface area contributed by atoms with Crippen LogP contribution in [0, 0.1) is 0 Å². The van der Waals surface area contributed by atoms with Crippen LogP contribution in [-0.4, -0.2) is 34.3 Å². The first-order valence-corrected chi connectivity index (χ1v) is 8.29. The summed E-state index contributed by atoms with van der Waals surface area (Å²) >= 11 is 0. The van der Waals surface area contributed by atoms with Crippen molar-refractivity contribution in [3.8, 4) is 23.0 Å². The number of methoxy groups -OCH3 is 4. The van der Waals surface area contributed by atoms with Gasteiger partial charge in [0.2, 0.25) is 5.91 Å². The Labute approximate surface area is 154 Å². The first kappa shape index (κ1) is 19.4. The topological polar surface area (TPSA) is 66.0 Å². The molecule has 0 aliphatic carbocycles. The predicted octanol–water partition coefficient (Wildman–Crippen LogP) is 2.97. The van der Waals surface area contributed by atoms with E-state index in [2.05, 4.69) is 5.32 Å². The lowest BCUT2D eigenvalue weighted by Crippen LogP contribution is -2.23. The van der Waals surface area contributed by atoms with E-state index >= 15 is 0 Å². The van der Waals surface area contributed by atoms with Crippen molar-refractivity contribution in [3.63, 3.8) is 0 Å². The van der Waals surface area contributed by atoms with Crippen LogP contribution >= 0.6 is 0 Å². The van der Waals surface area contributed by atoms with Crippen LogP contribution in [0.3, 0.4) is 0 Å². The number of aryl methyl sites for hydroxylation is 1. The van der Waals surface area contributed by atoms with Crippen LogP contribution < -0.4 is 24.3 Å². The molecule has 0 aromatic heterocycles. The van der Waals surface area contributed by atoms with E-state index in [-0.39, 0.29) is 5.91 Å². The number of hydrogen-bond acceptors (Lipinski definition) is 5. The fourth-order valence-electron chi connectivity index (χ4n) is 2.56.